The molecule has 3 heterocycles. The van der Waals surface area contributed by atoms with Gasteiger partial charge in [0.05, 0.1) is 12.2 Å². The predicted octanol–water partition coefficient (Wildman–Crippen LogP) is 0.658. The number of anilines is 1. The average Bonchev–Trinajstić information content (AvgIpc) is 2.91. The van der Waals surface area contributed by atoms with E-state index in [0.29, 0.717) is 12.2 Å². The molecule has 7 heteroatoms. The molecule has 0 aromatic carbocycles. The van der Waals surface area contributed by atoms with Crippen LogP contribution in [0.2, 0.25) is 0 Å². The summed E-state index contributed by atoms with van der Waals surface area (Å²) in [5, 5.41) is 4.52. The molecule has 7 nitrogen and oxygen atoms in total. The van der Waals surface area contributed by atoms with Crippen molar-refractivity contribution in [3.8, 4) is 0 Å². The Hall–Kier alpha value is -2.15. The SMILES string of the molecule is CCOC(=O)c1cnc2cc(N3CCN(C)CC3)nn2c1. The minimum Gasteiger partial charge on any atom is -0.462 e. The number of nitrogens with zero attached hydrogens (tertiary/aromatic N) is 5. The molecule has 0 N–H and O–H groups in total. The van der Waals surface area contributed by atoms with Gasteiger partial charge in [-0.1, -0.05) is 0 Å². The molecular formula is C14H19N5O2. The molecule has 21 heavy (non-hydrogen) atoms. The Kier molecular flexibility index (Phi) is 3.74. The molecule has 0 aliphatic carbocycles. The van der Waals surface area contributed by atoms with E-state index in [1.165, 1.54) is 6.20 Å². The minimum absolute atomic E-state index is 0.350. The number of fused-ring (bicyclic) bond motifs is 1. The van der Waals surface area contributed by atoms with Crippen LogP contribution >= 0.6 is 0 Å². The van der Waals surface area contributed by atoms with Gasteiger partial charge in [0.2, 0.25) is 0 Å². The van der Waals surface area contributed by atoms with Crippen molar-refractivity contribution < 1.29 is 9.53 Å². The summed E-state index contributed by atoms with van der Waals surface area (Å²) in [4.78, 5) is 20.5. The van der Waals surface area contributed by atoms with E-state index in [0.717, 1.165) is 37.6 Å². The van der Waals surface area contributed by atoms with Crippen LogP contribution < -0.4 is 4.90 Å². The number of esters is 1. The molecule has 2 aromatic rings. The highest BCUT2D eigenvalue weighted by Gasteiger charge is 2.17. The average molecular weight is 289 g/mol. The zero-order valence-corrected chi connectivity index (χ0v) is 12.3. The number of carbonyl (C=O) groups excluding carboxylic acids is 1. The van der Waals surface area contributed by atoms with Crippen molar-refractivity contribution in [3.05, 3.63) is 24.0 Å². The largest absolute Gasteiger partial charge is 0.462 e. The lowest BCUT2D eigenvalue weighted by molar-refractivity contribution is 0.0525. The molecular weight excluding hydrogens is 270 g/mol. The van der Waals surface area contributed by atoms with Crippen LogP contribution in [-0.4, -0.2) is 65.3 Å². The number of likely N-dealkylation sites (N-methyl/N-ethyl adjacent to an activating group) is 1. The van der Waals surface area contributed by atoms with Crippen LogP contribution in [0.1, 0.15) is 17.3 Å². The van der Waals surface area contributed by atoms with Crippen LogP contribution in [0.3, 0.4) is 0 Å². The summed E-state index contributed by atoms with van der Waals surface area (Å²) in [6.45, 7) is 6.08. The maximum atomic E-state index is 11.7. The summed E-state index contributed by atoms with van der Waals surface area (Å²) in [7, 11) is 2.12. The van der Waals surface area contributed by atoms with Crippen LogP contribution in [-0.2, 0) is 4.74 Å². The molecule has 0 amide bonds. The fourth-order valence-electron chi connectivity index (χ4n) is 2.37. The van der Waals surface area contributed by atoms with Crippen molar-refractivity contribution in [3.63, 3.8) is 0 Å². The van der Waals surface area contributed by atoms with Crippen LogP contribution in [0.15, 0.2) is 18.5 Å². The van der Waals surface area contributed by atoms with E-state index in [1.54, 1.807) is 17.6 Å². The zero-order valence-electron chi connectivity index (χ0n) is 12.3. The maximum Gasteiger partial charge on any atom is 0.341 e. The first-order valence-corrected chi connectivity index (χ1v) is 7.13. The first kappa shape index (κ1) is 13.8. The Bertz CT molecular complexity index is 646. The Labute approximate surface area is 123 Å². The van der Waals surface area contributed by atoms with Gasteiger partial charge in [-0.2, -0.15) is 0 Å². The topological polar surface area (TPSA) is 63.0 Å². The normalized spacial score (nSPS) is 16.4. The molecule has 0 saturated carbocycles. The fraction of sp³-hybridized carbons (Fsp3) is 0.500. The summed E-state index contributed by atoms with van der Waals surface area (Å²) in [6, 6.07) is 1.94. The number of carbonyl (C=O) groups is 1. The molecule has 0 radical (unpaired) electrons. The van der Waals surface area contributed by atoms with E-state index >= 15 is 0 Å². The summed E-state index contributed by atoms with van der Waals surface area (Å²) in [5.41, 5.74) is 1.15. The number of piperazine rings is 1. The van der Waals surface area contributed by atoms with Gasteiger partial charge in [-0.05, 0) is 14.0 Å². The Morgan fingerprint density at radius 1 is 1.33 bits per heavy atom. The third-order valence-electron chi connectivity index (χ3n) is 3.64. The number of rotatable bonds is 3. The highest BCUT2D eigenvalue weighted by atomic mass is 16.5. The second-order valence-electron chi connectivity index (χ2n) is 5.16. The van der Waals surface area contributed by atoms with Crippen molar-refractivity contribution in [1.82, 2.24) is 19.5 Å². The third-order valence-corrected chi connectivity index (χ3v) is 3.64. The molecule has 0 atom stereocenters. The van der Waals surface area contributed by atoms with E-state index < -0.39 is 0 Å². The minimum atomic E-state index is -0.372. The molecule has 0 spiro atoms. The van der Waals surface area contributed by atoms with E-state index in [9.17, 15) is 4.79 Å². The van der Waals surface area contributed by atoms with Gasteiger partial charge in [-0.15, -0.1) is 5.10 Å². The van der Waals surface area contributed by atoms with Gasteiger partial charge in [0.25, 0.3) is 0 Å². The zero-order chi connectivity index (χ0) is 14.8. The smallest absolute Gasteiger partial charge is 0.341 e. The molecule has 1 saturated heterocycles. The Morgan fingerprint density at radius 2 is 2.10 bits per heavy atom. The number of hydrogen-bond donors (Lipinski definition) is 0. The van der Waals surface area contributed by atoms with Crippen molar-refractivity contribution in [2.45, 2.75) is 6.92 Å². The summed E-state index contributed by atoms with van der Waals surface area (Å²) in [5.74, 6) is 0.528. The first-order valence-electron chi connectivity index (χ1n) is 7.13. The van der Waals surface area contributed by atoms with Crippen molar-refractivity contribution in [2.24, 2.45) is 0 Å². The fourth-order valence-corrected chi connectivity index (χ4v) is 2.37. The molecule has 0 unspecified atom stereocenters. The molecule has 1 aliphatic heterocycles. The van der Waals surface area contributed by atoms with Gasteiger partial charge in [-0.25, -0.2) is 14.3 Å². The molecule has 112 valence electrons. The quantitative estimate of drug-likeness (QED) is 0.774. The lowest BCUT2D eigenvalue weighted by atomic mass is 10.3. The van der Waals surface area contributed by atoms with E-state index in [-0.39, 0.29) is 5.97 Å². The number of aromatic nitrogens is 3. The van der Waals surface area contributed by atoms with Gasteiger partial charge in [0, 0.05) is 44.6 Å². The highest BCUT2D eigenvalue weighted by molar-refractivity contribution is 5.88. The van der Waals surface area contributed by atoms with Crippen molar-refractivity contribution in [1.29, 1.82) is 0 Å². The number of hydrogen-bond acceptors (Lipinski definition) is 6. The Morgan fingerprint density at radius 3 is 2.81 bits per heavy atom. The predicted molar refractivity (Wildman–Crippen MR) is 78.7 cm³/mol. The summed E-state index contributed by atoms with van der Waals surface area (Å²) < 4.78 is 6.61. The maximum absolute atomic E-state index is 11.7. The first-order chi connectivity index (χ1) is 10.2. The monoisotopic (exact) mass is 289 g/mol. The van der Waals surface area contributed by atoms with Gasteiger partial charge < -0.3 is 14.5 Å². The van der Waals surface area contributed by atoms with E-state index in [2.05, 4.69) is 26.9 Å². The molecule has 1 aliphatic rings. The number of ether oxygens (including phenoxy) is 1. The molecule has 2 aromatic heterocycles. The van der Waals surface area contributed by atoms with Crippen molar-refractivity contribution in [2.75, 3.05) is 44.7 Å². The molecule has 3 rings (SSSR count). The van der Waals surface area contributed by atoms with Gasteiger partial charge in [-0.3, -0.25) is 0 Å². The molecule has 1 fully saturated rings. The second kappa shape index (κ2) is 5.69. The van der Waals surface area contributed by atoms with Gasteiger partial charge in [0.15, 0.2) is 11.5 Å². The van der Waals surface area contributed by atoms with Gasteiger partial charge in [0.1, 0.15) is 0 Å². The summed E-state index contributed by atoms with van der Waals surface area (Å²) in [6.07, 6.45) is 3.20. The van der Waals surface area contributed by atoms with Gasteiger partial charge >= 0.3 is 5.97 Å². The van der Waals surface area contributed by atoms with Crippen LogP contribution in [0.5, 0.6) is 0 Å². The van der Waals surface area contributed by atoms with Crippen LogP contribution in [0.4, 0.5) is 5.82 Å². The van der Waals surface area contributed by atoms with Crippen LogP contribution in [0.25, 0.3) is 5.65 Å². The third kappa shape index (κ3) is 2.82. The van der Waals surface area contributed by atoms with E-state index in [4.69, 9.17) is 4.74 Å². The molecule has 0 bridgehead atoms. The lowest BCUT2D eigenvalue weighted by Crippen LogP contribution is -2.44. The van der Waals surface area contributed by atoms with Crippen LogP contribution in [0, 0.1) is 0 Å². The second-order valence-corrected chi connectivity index (χ2v) is 5.16. The van der Waals surface area contributed by atoms with Crippen molar-refractivity contribution >= 4 is 17.4 Å². The summed E-state index contributed by atoms with van der Waals surface area (Å²) >= 11 is 0. The Balaban J connectivity index is 1.84. The standard InChI is InChI=1S/C14H19N5O2/c1-3-21-14(20)11-9-15-12-8-13(16-19(12)10-11)18-6-4-17(2)5-7-18/h8-10H,3-7H2,1-2H3. The van der Waals surface area contributed by atoms with E-state index in [1.807, 2.05) is 6.07 Å². The lowest BCUT2D eigenvalue weighted by Gasteiger charge is -2.32. The highest BCUT2D eigenvalue weighted by Crippen LogP contribution is 2.16.